The fraction of sp³-hybridized carbons (Fsp3) is 0.333. The lowest BCUT2D eigenvalue weighted by molar-refractivity contribution is -0.0949. The Bertz CT molecular complexity index is 291. The van der Waals surface area contributed by atoms with Crippen molar-refractivity contribution < 1.29 is 9.68 Å². The molecule has 6 nitrogen and oxygen atoms in total. The van der Waals surface area contributed by atoms with Gasteiger partial charge in [0.2, 0.25) is 0 Å². The molecule has 0 saturated carbocycles. The lowest BCUT2D eigenvalue weighted by Crippen LogP contribution is -2.14. The zero-order valence-corrected chi connectivity index (χ0v) is 8.54. The largest absolute Gasteiger partial charge is 0.762 e. The molecule has 0 amide bonds. The van der Waals surface area contributed by atoms with Crippen molar-refractivity contribution in [3.63, 3.8) is 0 Å². The Hall–Kier alpha value is -1.18. The van der Waals surface area contributed by atoms with Gasteiger partial charge in [-0.1, -0.05) is 12.1 Å². The number of rotatable bonds is 5. The molecule has 0 N–H and O–H groups in total. The van der Waals surface area contributed by atoms with Crippen LogP contribution in [0.15, 0.2) is 24.3 Å². The molecule has 6 heteroatoms. The van der Waals surface area contributed by atoms with Gasteiger partial charge in [0.1, 0.15) is 0 Å². The van der Waals surface area contributed by atoms with Crippen LogP contribution in [0.4, 0.5) is 5.69 Å². The molecule has 15 heavy (non-hydrogen) atoms. The van der Waals surface area contributed by atoms with Crippen LogP contribution in [0.5, 0.6) is 0 Å². The van der Waals surface area contributed by atoms with Gasteiger partial charge in [0.05, 0.1) is 19.9 Å². The molecule has 0 unspecified atom stereocenters. The Kier molecular flexibility index (Phi) is 4.47. The van der Waals surface area contributed by atoms with E-state index in [0.29, 0.717) is 16.1 Å². The number of benzene rings is 1. The Labute approximate surface area is 87.7 Å². The highest BCUT2D eigenvalue weighted by Crippen LogP contribution is 2.15. The van der Waals surface area contributed by atoms with E-state index in [1.807, 2.05) is 0 Å². The summed E-state index contributed by atoms with van der Waals surface area (Å²) in [6.45, 7) is 0.114. The Balaban J connectivity index is 2.64. The van der Waals surface area contributed by atoms with Gasteiger partial charge in [0.25, 0.3) is 0 Å². The lowest BCUT2D eigenvalue weighted by Gasteiger charge is -2.28. The molecule has 0 bridgehead atoms. The zero-order valence-electron chi connectivity index (χ0n) is 8.54. The van der Waals surface area contributed by atoms with Gasteiger partial charge < -0.3 is 20.5 Å². The van der Waals surface area contributed by atoms with Crippen LogP contribution in [-0.4, -0.2) is 19.4 Å². The third-order valence-corrected chi connectivity index (χ3v) is 1.83. The predicted octanol–water partition coefficient (Wildman–Crippen LogP) is 1.41. The standard InChI is InChI=1S/C9H12N2O4/c1-14-10(12)7-8-3-5-9(6-4-8)11(13)15-2/h3-6H,7H2,1-2H3/q-2. The van der Waals surface area contributed by atoms with Gasteiger partial charge in [0.15, 0.2) is 0 Å². The van der Waals surface area contributed by atoms with Crippen molar-refractivity contribution in [2.75, 3.05) is 19.4 Å². The smallest absolute Gasteiger partial charge is 0.0629 e. The van der Waals surface area contributed by atoms with Gasteiger partial charge in [0, 0.05) is 6.54 Å². The highest BCUT2D eigenvalue weighted by Gasteiger charge is 1.96. The van der Waals surface area contributed by atoms with E-state index in [1.165, 1.54) is 14.2 Å². The SMILES string of the molecule is CON([O-])Cc1ccc(N([O-])OC)cc1. The Morgan fingerprint density at radius 3 is 2.13 bits per heavy atom. The lowest BCUT2D eigenvalue weighted by atomic mass is 10.2. The molecule has 0 aliphatic heterocycles. The van der Waals surface area contributed by atoms with Crippen LogP contribution >= 0.6 is 0 Å². The second kappa shape index (κ2) is 5.64. The summed E-state index contributed by atoms with van der Waals surface area (Å²) >= 11 is 0. The van der Waals surface area contributed by atoms with Gasteiger partial charge in [-0.05, 0) is 17.7 Å². The summed E-state index contributed by atoms with van der Waals surface area (Å²) in [4.78, 5) is 8.89. The second-order valence-corrected chi connectivity index (χ2v) is 2.78. The summed E-state index contributed by atoms with van der Waals surface area (Å²) in [5, 5.41) is 22.7. The van der Waals surface area contributed by atoms with E-state index in [0.717, 1.165) is 5.56 Å². The predicted molar refractivity (Wildman–Crippen MR) is 55.2 cm³/mol. The molecule has 1 rings (SSSR count). The molecule has 0 aliphatic rings. The first-order chi connectivity index (χ1) is 7.17. The normalized spacial score (nSPS) is 10.7. The highest BCUT2D eigenvalue weighted by molar-refractivity contribution is 5.45. The highest BCUT2D eigenvalue weighted by atomic mass is 16.9. The van der Waals surface area contributed by atoms with E-state index in [9.17, 15) is 10.4 Å². The Morgan fingerprint density at radius 1 is 1.07 bits per heavy atom. The second-order valence-electron chi connectivity index (χ2n) is 2.78. The van der Waals surface area contributed by atoms with Crippen molar-refractivity contribution in [2.45, 2.75) is 6.54 Å². The molecular formula is C9H12N2O4-2. The van der Waals surface area contributed by atoms with Crippen molar-refractivity contribution in [1.29, 1.82) is 0 Å². The fourth-order valence-electron chi connectivity index (χ4n) is 1.04. The maximum atomic E-state index is 11.0. The van der Waals surface area contributed by atoms with Crippen LogP contribution in [0, 0.1) is 10.4 Å². The number of hydroxylamine groups is 2. The van der Waals surface area contributed by atoms with E-state index in [4.69, 9.17) is 0 Å². The average molecular weight is 212 g/mol. The maximum Gasteiger partial charge on any atom is 0.0629 e. The number of hydrogen-bond acceptors (Lipinski definition) is 6. The molecule has 84 valence electrons. The van der Waals surface area contributed by atoms with E-state index in [-0.39, 0.29) is 6.54 Å². The number of nitrogens with zero attached hydrogens (tertiary/aromatic N) is 2. The topological polar surface area (TPSA) is 71.1 Å². The summed E-state index contributed by atoms with van der Waals surface area (Å²) in [7, 11) is 2.58. The van der Waals surface area contributed by atoms with Gasteiger partial charge in [-0.3, -0.25) is 10.1 Å². The van der Waals surface area contributed by atoms with E-state index in [2.05, 4.69) is 9.68 Å². The summed E-state index contributed by atoms with van der Waals surface area (Å²) in [6.07, 6.45) is 0. The number of hydrogen-bond donors (Lipinski definition) is 0. The molecule has 0 fully saturated rings. The molecule has 0 spiro atoms. The van der Waals surface area contributed by atoms with Gasteiger partial charge in [-0.2, -0.15) is 0 Å². The van der Waals surface area contributed by atoms with E-state index in [1.54, 1.807) is 24.3 Å². The summed E-state index contributed by atoms with van der Waals surface area (Å²) in [5.74, 6) is 0. The molecule has 0 heterocycles. The Morgan fingerprint density at radius 2 is 1.67 bits per heavy atom. The van der Waals surface area contributed by atoms with Crippen molar-refractivity contribution in [2.24, 2.45) is 0 Å². The minimum absolute atomic E-state index is 0.114. The number of anilines is 1. The molecule has 0 aromatic heterocycles. The molecule has 1 aromatic rings. The van der Waals surface area contributed by atoms with Gasteiger partial charge in [-0.25, -0.2) is 0 Å². The summed E-state index contributed by atoms with van der Waals surface area (Å²) < 4.78 is 0. The van der Waals surface area contributed by atoms with Crippen LogP contribution in [0.25, 0.3) is 0 Å². The van der Waals surface area contributed by atoms with Crippen molar-refractivity contribution in [1.82, 2.24) is 5.23 Å². The molecule has 0 saturated heterocycles. The maximum absolute atomic E-state index is 11.0. The van der Waals surface area contributed by atoms with Crippen LogP contribution in [0.1, 0.15) is 5.56 Å². The first kappa shape index (κ1) is 11.9. The molecule has 0 atom stereocenters. The van der Waals surface area contributed by atoms with Gasteiger partial charge in [-0.15, -0.1) is 0 Å². The van der Waals surface area contributed by atoms with Crippen molar-refractivity contribution >= 4 is 5.69 Å². The zero-order chi connectivity index (χ0) is 11.3. The molecular weight excluding hydrogens is 200 g/mol. The van der Waals surface area contributed by atoms with Crippen LogP contribution < -0.4 is 5.23 Å². The molecule has 1 aromatic carbocycles. The van der Waals surface area contributed by atoms with E-state index >= 15 is 0 Å². The molecule has 0 radical (unpaired) electrons. The summed E-state index contributed by atoms with van der Waals surface area (Å²) in [6, 6.07) is 6.44. The first-order valence-electron chi connectivity index (χ1n) is 4.26. The van der Waals surface area contributed by atoms with E-state index < -0.39 is 0 Å². The third kappa shape index (κ3) is 3.46. The average Bonchev–Trinajstić information content (AvgIpc) is 2.29. The minimum atomic E-state index is 0.114. The quantitative estimate of drug-likeness (QED) is 0.687. The van der Waals surface area contributed by atoms with Crippen molar-refractivity contribution in [3.8, 4) is 0 Å². The molecule has 0 aliphatic carbocycles. The van der Waals surface area contributed by atoms with Crippen LogP contribution in [0.3, 0.4) is 0 Å². The van der Waals surface area contributed by atoms with Crippen LogP contribution in [-0.2, 0) is 16.2 Å². The van der Waals surface area contributed by atoms with Crippen molar-refractivity contribution in [3.05, 3.63) is 40.2 Å². The van der Waals surface area contributed by atoms with Crippen LogP contribution in [0.2, 0.25) is 0 Å². The third-order valence-electron chi connectivity index (χ3n) is 1.83. The first-order valence-corrected chi connectivity index (χ1v) is 4.26. The van der Waals surface area contributed by atoms with Gasteiger partial charge >= 0.3 is 0 Å². The monoisotopic (exact) mass is 212 g/mol. The summed E-state index contributed by atoms with van der Waals surface area (Å²) in [5.41, 5.74) is 1.12. The fourth-order valence-corrected chi connectivity index (χ4v) is 1.04. The minimum Gasteiger partial charge on any atom is -0.762 e.